The van der Waals surface area contributed by atoms with Gasteiger partial charge in [-0.15, -0.1) is 0 Å². The molecule has 0 heterocycles. The fraction of sp³-hybridized carbons (Fsp3) is 0.0455. The summed E-state index contributed by atoms with van der Waals surface area (Å²) in [6, 6.07) is 0. The molecule has 23 heavy (non-hydrogen) atoms. The summed E-state index contributed by atoms with van der Waals surface area (Å²) in [5, 5.41) is 0. The molecule has 0 fully saturated rings. The molecular weight excluding hydrogens is 278 g/mol. The molecule has 1 nitrogen and oxygen atoms in total. The van der Waals surface area contributed by atoms with E-state index in [1.165, 1.54) is 0 Å². The highest BCUT2D eigenvalue weighted by atomic mass is 14.7. The number of nitrogens with zero attached hydrogens (tertiary/aromatic N) is 1. The van der Waals surface area contributed by atoms with Gasteiger partial charge in [0.25, 0.3) is 0 Å². The molecule has 0 radical (unpaired) electrons. The van der Waals surface area contributed by atoms with E-state index in [0.29, 0.717) is 0 Å². The van der Waals surface area contributed by atoms with Gasteiger partial charge in [-0.3, -0.25) is 4.99 Å². The van der Waals surface area contributed by atoms with Crippen LogP contribution in [0.3, 0.4) is 0 Å². The molecule has 0 aliphatic heterocycles. The van der Waals surface area contributed by atoms with Gasteiger partial charge in [0, 0.05) is 11.9 Å². The summed E-state index contributed by atoms with van der Waals surface area (Å²) in [7, 11) is 0. The molecule has 0 N–H and O–H groups in total. The molecule has 0 spiro atoms. The summed E-state index contributed by atoms with van der Waals surface area (Å²) in [5.74, 6) is 0. The van der Waals surface area contributed by atoms with Gasteiger partial charge in [-0.05, 0) is 29.7 Å². The Morgan fingerprint density at radius 2 is 1.35 bits per heavy atom. The van der Waals surface area contributed by atoms with Gasteiger partial charge >= 0.3 is 0 Å². The van der Waals surface area contributed by atoms with Crippen LogP contribution in [0.25, 0.3) is 0 Å². The van der Waals surface area contributed by atoms with Crippen molar-refractivity contribution in [1.82, 2.24) is 0 Å². The first-order chi connectivity index (χ1) is 11.1. The minimum absolute atomic E-state index is 0.868. The van der Waals surface area contributed by atoms with Crippen molar-refractivity contribution in [2.75, 3.05) is 0 Å². The molecule has 0 aromatic heterocycles. The average molecular weight is 303 g/mol. The third kappa shape index (κ3) is 8.84. The van der Waals surface area contributed by atoms with Crippen molar-refractivity contribution in [3.05, 3.63) is 123 Å². The van der Waals surface area contributed by atoms with Gasteiger partial charge in [0.2, 0.25) is 0 Å². The van der Waals surface area contributed by atoms with Gasteiger partial charge in [0.05, 0.1) is 0 Å². The van der Waals surface area contributed by atoms with E-state index < -0.39 is 0 Å². The van der Waals surface area contributed by atoms with Crippen molar-refractivity contribution < 1.29 is 0 Å². The molecule has 0 aliphatic carbocycles. The number of hydrogen-bond acceptors (Lipinski definition) is 1. The zero-order chi connectivity index (χ0) is 17.5. The van der Waals surface area contributed by atoms with Crippen LogP contribution < -0.4 is 0 Å². The van der Waals surface area contributed by atoms with Crippen LogP contribution in [0.5, 0.6) is 0 Å². The van der Waals surface area contributed by atoms with Crippen LogP contribution in [0, 0.1) is 0 Å². The van der Waals surface area contributed by atoms with Crippen LogP contribution in [0.2, 0.25) is 0 Å². The van der Waals surface area contributed by atoms with Crippen LogP contribution in [0.15, 0.2) is 128 Å². The summed E-state index contributed by atoms with van der Waals surface area (Å²) in [5.41, 5.74) is 3.67. The third-order valence-electron chi connectivity index (χ3n) is 2.75. The lowest BCUT2D eigenvalue weighted by Crippen LogP contribution is -1.94. The van der Waals surface area contributed by atoms with Crippen LogP contribution in [-0.2, 0) is 0 Å². The molecule has 0 aromatic rings. The van der Waals surface area contributed by atoms with E-state index in [-0.39, 0.29) is 0 Å². The summed E-state index contributed by atoms with van der Waals surface area (Å²) in [4.78, 5) is 4.35. The Bertz CT molecular complexity index is 629. The SMILES string of the molecule is C=C\C=C/N=C(C)\C(\C=C/C(=C)C(/C=C\C=C)=C/C=C)=C\C=C. The van der Waals surface area contributed by atoms with Crippen molar-refractivity contribution >= 4 is 5.71 Å². The largest absolute Gasteiger partial charge is 0.261 e. The van der Waals surface area contributed by atoms with Gasteiger partial charge in [-0.25, -0.2) is 0 Å². The quantitative estimate of drug-likeness (QED) is 0.335. The van der Waals surface area contributed by atoms with E-state index >= 15 is 0 Å². The van der Waals surface area contributed by atoms with E-state index in [1.807, 2.05) is 43.4 Å². The first kappa shape index (κ1) is 20.1. The van der Waals surface area contributed by atoms with Crippen molar-refractivity contribution in [3.8, 4) is 0 Å². The molecule has 118 valence electrons. The molecule has 0 amide bonds. The first-order valence-corrected chi connectivity index (χ1v) is 7.25. The molecule has 0 bridgehead atoms. The topological polar surface area (TPSA) is 12.4 Å². The second-order valence-electron chi connectivity index (χ2n) is 4.46. The van der Waals surface area contributed by atoms with Gasteiger partial charge < -0.3 is 0 Å². The monoisotopic (exact) mass is 303 g/mol. The van der Waals surface area contributed by atoms with Crippen molar-refractivity contribution in [2.24, 2.45) is 4.99 Å². The standard InChI is InChI=1S/C22H25N/c1-7-11-15-21(13-9-3)19(5)16-17-22(14-10-4)20(6)23-18-12-8-2/h7-18H,1-5H2,6H3/b15-11-,17-16-,18-12-,21-13+,22-14+,23-20-. The Hall–Kier alpha value is -2.93. The lowest BCUT2D eigenvalue weighted by Gasteiger charge is -2.03. The average Bonchev–Trinajstić information content (AvgIpc) is 2.55. The number of rotatable bonds is 10. The van der Waals surface area contributed by atoms with Gasteiger partial charge in [0.15, 0.2) is 0 Å². The van der Waals surface area contributed by atoms with Crippen LogP contribution in [0.1, 0.15) is 6.92 Å². The molecule has 1 heteroatoms. The molecule has 0 rings (SSSR count). The molecule has 0 atom stereocenters. The van der Waals surface area contributed by atoms with Crippen LogP contribution >= 0.6 is 0 Å². The van der Waals surface area contributed by atoms with Crippen molar-refractivity contribution in [2.45, 2.75) is 6.92 Å². The number of hydrogen-bond donors (Lipinski definition) is 0. The fourth-order valence-corrected chi connectivity index (χ4v) is 1.57. The van der Waals surface area contributed by atoms with Gasteiger partial charge in [-0.2, -0.15) is 0 Å². The minimum Gasteiger partial charge on any atom is -0.261 e. The van der Waals surface area contributed by atoms with E-state index in [9.17, 15) is 0 Å². The maximum atomic E-state index is 4.35. The van der Waals surface area contributed by atoms with Crippen LogP contribution in [-0.4, -0.2) is 5.71 Å². The van der Waals surface area contributed by atoms with Crippen molar-refractivity contribution in [3.63, 3.8) is 0 Å². The summed E-state index contributed by atoms with van der Waals surface area (Å²) in [6.07, 6.45) is 21.9. The molecule has 0 aromatic carbocycles. The summed E-state index contributed by atoms with van der Waals surface area (Å²) >= 11 is 0. The predicted molar refractivity (Wildman–Crippen MR) is 107 cm³/mol. The van der Waals surface area contributed by atoms with E-state index in [2.05, 4.69) is 37.9 Å². The molecule has 0 saturated carbocycles. The molecule has 0 saturated heterocycles. The Morgan fingerprint density at radius 1 is 0.739 bits per heavy atom. The van der Waals surface area contributed by atoms with E-state index in [1.54, 1.807) is 36.6 Å². The lowest BCUT2D eigenvalue weighted by molar-refractivity contribution is 1.50. The third-order valence-corrected chi connectivity index (χ3v) is 2.75. The Kier molecular flexibility index (Phi) is 11.2. The lowest BCUT2D eigenvalue weighted by atomic mass is 10.0. The normalized spacial score (nSPS) is 13.7. The highest BCUT2D eigenvalue weighted by Gasteiger charge is 1.98. The van der Waals surface area contributed by atoms with E-state index in [4.69, 9.17) is 0 Å². The highest BCUT2D eigenvalue weighted by Crippen LogP contribution is 2.14. The predicted octanol–water partition coefficient (Wildman–Crippen LogP) is 6.23. The molecule has 0 aliphatic rings. The summed E-state index contributed by atoms with van der Waals surface area (Å²) < 4.78 is 0. The van der Waals surface area contributed by atoms with Gasteiger partial charge in [0.1, 0.15) is 0 Å². The highest BCUT2D eigenvalue weighted by molar-refractivity contribution is 6.01. The number of aliphatic imine (C=N–C) groups is 1. The van der Waals surface area contributed by atoms with E-state index in [0.717, 1.165) is 22.4 Å². The Balaban J connectivity index is 5.39. The zero-order valence-corrected chi connectivity index (χ0v) is 13.9. The number of allylic oxidation sites excluding steroid dienone is 14. The van der Waals surface area contributed by atoms with Crippen LogP contribution in [0.4, 0.5) is 0 Å². The fourth-order valence-electron chi connectivity index (χ4n) is 1.57. The summed E-state index contributed by atoms with van der Waals surface area (Å²) in [6.45, 7) is 20.8. The maximum Gasteiger partial charge on any atom is 0.0444 e. The molecule has 0 unspecified atom stereocenters. The Morgan fingerprint density at radius 3 is 1.91 bits per heavy atom. The first-order valence-electron chi connectivity index (χ1n) is 7.25. The Labute approximate surface area is 140 Å². The van der Waals surface area contributed by atoms with Crippen molar-refractivity contribution in [1.29, 1.82) is 0 Å². The minimum atomic E-state index is 0.868. The second kappa shape index (κ2) is 12.8. The smallest absolute Gasteiger partial charge is 0.0444 e. The molecular formula is C22H25N. The zero-order valence-electron chi connectivity index (χ0n) is 13.9. The maximum absolute atomic E-state index is 4.35. The second-order valence-corrected chi connectivity index (χ2v) is 4.46. The van der Waals surface area contributed by atoms with Gasteiger partial charge in [-0.1, -0.05) is 93.7 Å².